The monoisotopic (exact) mass is 290 g/mol. The summed E-state index contributed by atoms with van der Waals surface area (Å²) in [5, 5.41) is 3.12. The number of pyridine rings is 1. The number of rotatable bonds is 3. The summed E-state index contributed by atoms with van der Waals surface area (Å²) >= 11 is 11.7. The van der Waals surface area contributed by atoms with Crippen molar-refractivity contribution in [3.63, 3.8) is 0 Å². The minimum absolute atomic E-state index is 0.0398. The van der Waals surface area contributed by atoms with E-state index in [2.05, 4.69) is 10.3 Å². The predicted octanol–water partition coefficient (Wildman–Crippen LogP) is 3.45. The van der Waals surface area contributed by atoms with E-state index in [4.69, 9.17) is 27.9 Å². The number of hydrogen-bond acceptors (Lipinski definition) is 3. The van der Waals surface area contributed by atoms with Crippen LogP contribution in [0.3, 0.4) is 0 Å². The Balaban J connectivity index is 2.71. The number of aryl methyl sites for hydroxylation is 1. The summed E-state index contributed by atoms with van der Waals surface area (Å²) in [6.07, 6.45) is 0. The van der Waals surface area contributed by atoms with Crippen molar-refractivity contribution in [3.05, 3.63) is 21.9 Å². The standard InChI is InChI=1S/C12H16Cl2N2O2/c1-7-5-8(13)15-11(14)10(7)16-9(17)6-18-12(2,3)4/h5H,6H2,1-4H3,(H,16,17). The highest BCUT2D eigenvalue weighted by Crippen LogP contribution is 2.26. The van der Waals surface area contributed by atoms with Crippen LogP contribution in [-0.2, 0) is 9.53 Å². The zero-order valence-corrected chi connectivity index (χ0v) is 12.3. The fraction of sp³-hybridized carbons (Fsp3) is 0.500. The van der Waals surface area contributed by atoms with E-state index in [0.717, 1.165) is 5.56 Å². The van der Waals surface area contributed by atoms with E-state index < -0.39 is 0 Å². The Morgan fingerprint density at radius 1 is 1.44 bits per heavy atom. The number of anilines is 1. The molecular weight excluding hydrogens is 275 g/mol. The molecule has 1 aromatic heterocycles. The van der Waals surface area contributed by atoms with Crippen LogP contribution in [0.25, 0.3) is 0 Å². The number of nitrogens with zero attached hydrogens (tertiary/aromatic N) is 1. The molecule has 0 aliphatic heterocycles. The van der Waals surface area contributed by atoms with Crippen LogP contribution < -0.4 is 5.32 Å². The van der Waals surface area contributed by atoms with Gasteiger partial charge in [-0.1, -0.05) is 23.2 Å². The average molecular weight is 291 g/mol. The first-order chi connectivity index (χ1) is 8.19. The van der Waals surface area contributed by atoms with Gasteiger partial charge in [-0.3, -0.25) is 4.79 Å². The van der Waals surface area contributed by atoms with Gasteiger partial charge in [0.2, 0.25) is 5.91 Å². The van der Waals surface area contributed by atoms with Crippen LogP contribution in [0.2, 0.25) is 10.3 Å². The Morgan fingerprint density at radius 3 is 2.56 bits per heavy atom. The van der Waals surface area contributed by atoms with Crippen LogP contribution in [-0.4, -0.2) is 23.1 Å². The summed E-state index contributed by atoms with van der Waals surface area (Å²) < 4.78 is 5.37. The van der Waals surface area contributed by atoms with Crippen LogP contribution in [0.1, 0.15) is 26.3 Å². The van der Waals surface area contributed by atoms with E-state index in [-0.39, 0.29) is 23.3 Å². The van der Waals surface area contributed by atoms with Gasteiger partial charge in [-0.15, -0.1) is 0 Å². The zero-order chi connectivity index (χ0) is 13.9. The molecule has 100 valence electrons. The lowest BCUT2D eigenvalue weighted by molar-refractivity contribution is -0.125. The van der Waals surface area contributed by atoms with Gasteiger partial charge in [-0.25, -0.2) is 4.98 Å². The maximum atomic E-state index is 11.7. The molecule has 0 saturated carbocycles. The maximum absolute atomic E-state index is 11.7. The van der Waals surface area contributed by atoms with Crippen molar-refractivity contribution in [3.8, 4) is 0 Å². The predicted molar refractivity (Wildman–Crippen MR) is 73.3 cm³/mol. The second kappa shape index (κ2) is 5.87. The van der Waals surface area contributed by atoms with E-state index in [9.17, 15) is 4.79 Å². The Kier molecular flexibility index (Phi) is 4.96. The van der Waals surface area contributed by atoms with Crippen LogP contribution in [0.5, 0.6) is 0 Å². The lowest BCUT2D eigenvalue weighted by atomic mass is 10.2. The van der Waals surface area contributed by atoms with Gasteiger partial charge in [-0.2, -0.15) is 0 Å². The van der Waals surface area contributed by atoms with Crippen molar-refractivity contribution in [2.24, 2.45) is 0 Å². The molecule has 4 nitrogen and oxygen atoms in total. The van der Waals surface area contributed by atoms with Crippen molar-refractivity contribution >= 4 is 34.8 Å². The fourth-order valence-corrected chi connectivity index (χ4v) is 1.78. The van der Waals surface area contributed by atoms with Crippen LogP contribution in [0, 0.1) is 6.92 Å². The minimum atomic E-state index is -0.367. The Labute approximate surface area is 117 Å². The molecule has 1 N–H and O–H groups in total. The third-order valence-electron chi connectivity index (χ3n) is 2.04. The summed E-state index contributed by atoms with van der Waals surface area (Å²) in [6, 6.07) is 1.63. The number of carbonyl (C=O) groups is 1. The zero-order valence-electron chi connectivity index (χ0n) is 10.8. The Morgan fingerprint density at radius 2 is 2.06 bits per heavy atom. The minimum Gasteiger partial charge on any atom is -0.366 e. The molecule has 1 rings (SSSR count). The highest BCUT2D eigenvalue weighted by molar-refractivity contribution is 6.34. The van der Waals surface area contributed by atoms with Crippen LogP contribution in [0.15, 0.2) is 6.07 Å². The first kappa shape index (κ1) is 15.2. The van der Waals surface area contributed by atoms with Crippen molar-refractivity contribution < 1.29 is 9.53 Å². The number of carbonyl (C=O) groups excluding carboxylic acids is 1. The van der Waals surface area contributed by atoms with Crippen molar-refractivity contribution in [1.29, 1.82) is 0 Å². The number of amides is 1. The summed E-state index contributed by atoms with van der Waals surface area (Å²) in [5.74, 6) is -0.279. The molecule has 0 atom stereocenters. The molecular formula is C12H16Cl2N2O2. The number of halogens is 2. The van der Waals surface area contributed by atoms with Crippen molar-refractivity contribution in [2.75, 3.05) is 11.9 Å². The molecule has 1 aromatic rings. The van der Waals surface area contributed by atoms with Gasteiger partial charge in [-0.05, 0) is 39.3 Å². The van der Waals surface area contributed by atoms with Crippen molar-refractivity contribution in [1.82, 2.24) is 4.98 Å². The molecule has 18 heavy (non-hydrogen) atoms. The number of aromatic nitrogens is 1. The van der Waals surface area contributed by atoms with Gasteiger partial charge < -0.3 is 10.1 Å². The molecule has 0 fully saturated rings. The molecule has 0 spiro atoms. The second-order valence-electron chi connectivity index (χ2n) is 4.88. The SMILES string of the molecule is Cc1cc(Cl)nc(Cl)c1NC(=O)COC(C)(C)C. The lowest BCUT2D eigenvalue weighted by Crippen LogP contribution is -2.27. The molecule has 6 heteroatoms. The maximum Gasteiger partial charge on any atom is 0.250 e. The van der Waals surface area contributed by atoms with E-state index in [1.54, 1.807) is 13.0 Å². The van der Waals surface area contributed by atoms with Gasteiger partial charge >= 0.3 is 0 Å². The Hall–Kier alpha value is -0.840. The summed E-state index contributed by atoms with van der Waals surface area (Å²) in [7, 11) is 0. The largest absolute Gasteiger partial charge is 0.366 e. The summed E-state index contributed by atoms with van der Waals surface area (Å²) in [4.78, 5) is 15.6. The summed E-state index contributed by atoms with van der Waals surface area (Å²) in [6.45, 7) is 7.38. The molecule has 0 aromatic carbocycles. The van der Waals surface area contributed by atoms with E-state index in [0.29, 0.717) is 10.8 Å². The Bertz CT molecular complexity index is 433. The first-order valence-corrected chi connectivity index (χ1v) is 6.21. The highest BCUT2D eigenvalue weighted by atomic mass is 35.5. The normalized spacial score (nSPS) is 11.4. The molecule has 1 amide bonds. The van der Waals surface area contributed by atoms with Gasteiger partial charge in [0.1, 0.15) is 11.8 Å². The molecule has 0 aliphatic carbocycles. The molecule has 0 bridgehead atoms. The second-order valence-corrected chi connectivity index (χ2v) is 5.62. The smallest absolute Gasteiger partial charge is 0.250 e. The van der Waals surface area contributed by atoms with Gasteiger partial charge in [0.05, 0.1) is 11.3 Å². The number of nitrogens with one attached hydrogen (secondary N) is 1. The topological polar surface area (TPSA) is 51.2 Å². The van der Waals surface area contributed by atoms with E-state index in [1.807, 2.05) is 20.8 Å². The molecule has 0 unspecified atom stereocenters. The first-order valence-electron chi connectivity index (χ1n) is 5.45. The van der Waals surface area contributed by atoms with Gasteiger partial charge in [0, 0.05) is 0 Å². The third-order valence-corrected chi connectivity index (χ3v) is 2.51. The fourth-order valence-electron chi connectivity index (χ4n) is 1.20. The van der Waals surface area contributed by atoms with Crippen LogP contribution >= 0.6 is 23.2 Å². The number of ether oxygens (including phenoxy) is 1. The summed E-state index contributed by atoms with van der Waals surface area (Å²) in [5.41, 5.74) is 0.849. The third kappa shape index (κ3) is 4.80. The van der Waals surface area contributed by atoms with Crippen LogP contribution in [0.4, 0.5) is 5.69 Å². The van der Waals surface area contributed by atoms with Gasteiger partial charge in [0.25, 0.3) is 0 Å². The average Bonchev–Trinajstić information content (AvgIpc) is 2.19. The lowest BCUT2D eigenvalue weighted by Gasteiger charge is -2.19. The van der Waals surface area contributed by atoms with Gasteiger partial charge in [0.15, 0.2) is 5.15 Å². The highest BCUT2D eigenvalue weighted by Gasteiger charge is 2.15. The molecule has 0 aliphatic rings. The molecule has 0 saturated heterocycles. The quantitative estimate of drug-likeness (QED) is 0.868. The molecule has 0 radical (unpaired) electrons. The van der Waals surface area contributed by atoms with Crippen molar-refractivity contribution in [2.45, 2.75) is 33.3 Å². The molecule has 1 heterocycles. The number of hydrogen-bond donors (Lipinski definition) is 1. The van der Waals surface area contributed by atoms with E-state index >= 15 is 0 Å². The van der Waals surface area contributed by atoms with E-state index in [1.165, 1.54) is 0 Å².